The van der Waals surface area contributed by atoms with Crippen LogP contribution < -0.4 is 5.73 Å². The Hall–Kier alpha value is -1.89. The van der Waals surface area contributed by atoms with Crippen LogP contribution in [-0.2, 0) is 4.74 Å². The van der Waals surface area contributed by atoms with Crippen molar-refractivity contribution >= 4 is 11.8 Å². The minimum Gasteiger partial charge on any atom is -0.465 e. The van der Waals surface area contributed by atoms with Gasteiger partial charge in [0.2, 0.25) is 0 Å². The summed E-state index contributed by atoms with van der Waals surface area (Å²) >= 11 is 0. The highest BCUT2D eigenvalue weighted by atomic mass is 16.5. The number of nitrogens with two attached hydrogens (primary N) is 1. The topological polar surface area (TPSA) is 102 Å². The third-order valence-corrected chi connectivity index (χ3v) is 2.32. The Morgan fingerprint density at radius 2 is 2.25 bits per heavy atom. The zero-order valence-corrected chi connectivity index (χ0v) is 8.54. The maximum Gasteiger partial charge on any atom is 0.407 e. The van der Waals surface area contributed by atoms with Crippen molar-refractivity contribution in [1.29, 1.82) is 0 Å². The first kappa shape index (κ1) is 10.6. The number of ether oxygens (including phenoxy) is 1. The summed E-state index contributed by atoms with van der Waals surface area (Å²) in [5.74, 6) is 0.458. The SMILES string of the molecule is Nc1cnc(C2CN(C(=O)O)CCO2)nc1. The lowest BCUT2D eigenvalue weighted by atomic mass is 10.2. The number of hydrogen-bond donors (Lipinski definition) is 2. The van der Waals surface area contributed by atoms with E-state index >= 15 is 0 Å². The van der Waals surface area contributed by atoms with Gasteiger partial charge in [-0.1, -0.05) is 0 Å². The minimum atomic E-state index is -0.955. The van der Waals surface area contributed by atoms with Crippen LogP contribution in [0.1, 0.15) is 11.9 Å². The molecular formula is C9H12N4O3. The number of anilines is 1. The largest absolute Gasteiger partial charge is 0.465 e. The summed E-state index contributed by atoms with van der Waals surface area (Å²) in [5.41, 5.74) is 5.93. The third-order valence-electron chi connectivity index (χ3n) is 2.32. The number of hydrogen-bond acceptors (Lipinski definition) is 5. The smallest absolute Gasteiger partial charge is 0.407 e. The Morgan fingerprint density at radius 3 is 2.88 bits per heavy atom. The fourth-order valence-electron chi connectivity index (χ4n) is 1.49. The van der Waals surface area contributed by atoms with E-state index in [1.807, 2.05) is 0 Å². The molecule has 0 aliphatic carbocycles. The van der Waals surface area contributed by atoms with Crippen LogP contribution in [0.5, 0.6) is 0 Å². The lowest BCUT2D eigenvalue weighted by Gasteiger charge is -2.29. The van der Waals surface area contributed by atoms with Crippen LogP contribution in [0.25, 0.3) is 0 Å². The molecule has 1 aromatic rings. The number of amides is 1. The molecule has 16 heavy (non-hydrogen) atoms. The Bertz CT molecular complexity index is 381. The van der Waals surface area contributed by atoms with E-state index in [4.69, 9.17) is 15.6 Å². The Kier molecular flexibility index (Phi) is 2.86. The Balaban J connectivity index is 2.09. The van der Waals surface area contributed by atoms with Crippen LogP contribution >= 0.6 is 0 Å². The monoisotopic (exact) mass is 224 g/mol. The Labute approximate surface area is 91.9 Å². The first-order chi connectivity index (χ1) is 7.66. The van der Waals surface area contributed by atoms with E-state index in [1.165, 1.54) is 17.3 Å². The predicted octanol–water partition coefficient (Wildman–Crippen LogP) is 0.110. The van der Waals surface area contributed by atoms with E-state index in [0.29, 0.717) is 24.7 Å². The quantitative estimate of drug-likeness (QED) is 0.702. The highest BCUT2D eigenvalue weighted by Crippen LogP contribution is 2.18. The van der Waals surface area contributed by atoms with Crippen molar-refractivity contribution in [2.45, 2.75) is 6.10 Å². The summed E-state index contributed by atoms with van der Waals surface area (Å²) in [6, 6.07) is 0. The van der Waals surface area contributed by atoms with E-state index in [0.717, 1.165) is 0 Å². The molecule has 1 aromatic heterocycles. The van der Waals surface area contributed by atoms with Gasteiger partial charge >= 0.3 is 6.09 Å². The molecule has 3 N–H and O–H groups in total. The van der Waals surface area contributed by atoms with E-state index < -0.39 is 12.2 Å². The molecule has 7 nitrogen and oxygen atoms in total. The molecular weight excluding hydrogens is 212 g/mol. The zero-order chi connectivity index (χ0) is 11.5. The van der Waals surface area contributed by atoms with Gasteiger partial charge in [-0.3, -0.25) is 0 Å². The van der Waals surface area contributed by atoms with Crippen LogP contribution in [0.3, 0.4) is 0 Å². The van der Waals surface area contributed by atoms with Crippen molar-refractivity contribution in [1.82, 2.24) is 14.9 Å². The van der Waals surface area contributed by atoms with Crippen LogP contribution in [-0.4, -0.2) is 45.8 Å². The predicted molar refractivity (Wildman–Crippen MR) is 54.7 cm³/mol. The van der Waals surface area contributed by atoms with Gasteiger partial charge in [-0.15, -0.1) is 0 Å². The molecule has 0 saturated carbocycles. The number of nitrogen functional groups attached to an aromatic ring is 1. The van der Waals surface area contributed by atoms with Gasteiger partial charge in [0.1, 0.15) is 6.10 Å². The van der Waals surface area contributed by atoms with E-state index in [1.54, 1.807) is 0 Å². The first-order valence-corrected chi connectivity index (χ1v) is 4.83. The van der Waals surface area contributed by atoms with Crippen LogP contribution in [0, 0.1) is 0 Å². The number of morpholine rings is 1. The molecule has 0 bridgehead atoms. The van der Waals surface area contributed by atoms with E-state index in [-0.39, 0.29) is 6.54 Å². The molecule has 1 unspecified atom stereocenters. The highest BCUT2D eigenvalue weighted by Gasteiger charge is 2.26. The molecule has 1 saturated heterocycles. The van der Waals surface area contributed by atoms with Gasteiger partial charge in [0.15, 0.2) is 5.82 Å². The zero-order valence-electron chi connectivity index (χ0n) is 8.54. The molecule has 2 rings (SSSR count). The van der Waals surface area contributed by atoms with Crippen LogP contribution in [0.2, 0.25) is 0 Å². The van der Waals surface area contributed by atoms with Gasteiger partial charge in [0.05, 0.1) is 31.2 Å². The first-order valence-electron chi connectivity index (χ1n) is 4.83. The van der Waals surface area contributed by atoms with Crippen molar-refractivity contribution in [3.05, 3.63) is 18.2 Å². The molecule has 7 heteroatoms. The maximum absolute atomic E-state index is 10.8. The lowest BCUT2D eigenvalue weighted by molar-refractivity contribution is -0.0274. The molecule has 1 amide bonds. The number of nitrogens with zero attached hydrogens (tertiary/aromatic N) is 3. The number of carboxylic acid groups (broad SMARTS) is 1. The summed E-state index contributed by atoms with van der Waals surface area (Å²) in [5, 5.41) is 8.86. The van der Waals surface area contributed by atoms with Crippen LogP contribution in [0.15, 0.2) is 12.4 Å². The summed E-state index contributed by atoms with van der Waals surface area (Å²) in [6.07, 6.45) is 1.59. The molecule has 1 atom stereocenters. The fourth-order valence-corrected chi connectivity index (χ4v) is 1.49. The maximum atomic E-state index is 10.8. The second-order valence-electron chi connectivity index (χ2n) is 3.46. The Morgan fingerprint density at radius 1 is 1.56 bits per heavy atom. The van der Waals surface area contributed by atoms with Crippen LogP contribution in [0.4, 0.5) is 10.5 Å². The average molecular weight is 224 g/mol. The molecule has 0 spiro atoms. The number of aromatic nitrogens is 2. The number of rotatable bonds is 1. The van der Waals surface area contributed by atoms with Crippen molar-refractivity contribution in [3.8, 4) is 0 Å². The van der Waals surface area contributed by atoms with Crippen molar-refractivity contribution in [2.24, 2.45) is 0 Å². The molecule has 0 radical (unpaired) electrons. The van der Waals surface area contributed by atoms with E-state index in [9.17, 15) is 4.79 Å². The molecule has 86 valence electrons. The van der Waals surface area contributed by atoms with Gasteiger partial charge in [-0.2, -0.15) is 0 Å². The van der Waals surface area contributed by atoms with Gasteiger partial charge in [0, 0.05) is 6.54 Å². The van der Waals surface area contributed by atoms with E-state index in [2.05, 4.69) is 9.97 Å². The van der Waals surface area contributed by atoms with Crippen molar-refractivity contribution < 1.29 is 14.6 Å². The molecule has 1 aliphatic heterocycles. The minimum absolute atomic E-state index is 0.249. The number of carbonyl (C=O) groups is 1. The molecule has 2 heterocycles. The average Bonchev–Trinajstić information content (AvgIpc) is 2.30. The molecule has 1 fully saturated rings. The second kappa shape index (κ2) is 4.31. The summed E-state index contributed by atoms with van der Waals surface area (Å²) < 4.78 is 5.41. The van der Waals surface area contributed by atoms with Crippen molar-refractivity contribution in [2.75, 3.05) is 25.4 Å². The normalized spacial score (nSPS) is 20.8. The highest BCUT2D eigenvalue weighted by molar-refractivity contribution is 5.65. The fraction of sp³-hybridized carbons (Fsp3) is 0.444. The van der Waals surface area contributed by atoms with Gasteiger partial charge in [0.25, 0.3) is 0 Å². The lowest BCUT2D eigenvalue weighted by Crippen LogP contribution is -2.41. The second-order valence-corrected chi connectivity index (χ2v) is 3.46. The summed E-state index contributed by atoms with van der Waals surface area (Å²) in [6.45, 7) is 0.977. The summed E-state index contributed by atoms with van der Waals surface area (Å²) in [4.78, 5) is 20.1. The van der Waals surface area contributed by atoms with Gasteiger partial charge < -0.3 is 20.5 Å². The molecule has 0 aromatic carbocycles. The standard InChI is InChI=1S/C9H12N4O3/c10-6-3-11-8(12-4-6)7-5-13(9(14)15)1-2-16-7/h3-4,7H,1-2,5,10H2,(H,14,15). The van der Waals surface area contributed by atoms with Gasteiger partial charge in [-0.05, 0) is 0 Å². The summed E-state index contributed by atoms with van der Waals surface area (Å²) in [7, 11) is 0. The van der Waals surface area contributed by atoms with Gasteiger partial charge in [-0.25, -0.2) is 14.8 Å². The molecule has 1 aliphatic rings. The third kappa shape index (κ3) is 2.19. The van der Waals surface area contributed by atoms with Crippen molar-refractivity contribution in [3.63, 3.8) is 0 Å².